The standard InChI is InChI=1S/C22H31N5O3S/c1-15-8-7-9-17(14-15)19-25-26-22(27(19)12-13-30-3)31-16(2)20(28)24-21(29)23-18-10-5-4-6-11-18/h7-9,14,16,18H,4-6,10-13H2,1-3H3,(H2,23,24,28,29)/t16-/m1/s1. The third-order valence-electron chi connectivity index (χ3n) is 5.34. The molecular formula is C22H31N5O3S. The first kappa shape index (κ1) is 23.3. The van der Waals surface area contributed by atoms with E-state index in [0.717, 1.165) is 42.6 Å². The van der Waals surface area contributed by atoms with Crippen molar-refractivity contribution < 1.29 is 14.3 Å². The maximum absolute atomic E-state index is 12.6. The molecule has 0 radical (unpaired) electrons. The van der Waals surface area contributed by atoms with Crippen molar-refractivity contribution >= 4 is 23.7 Å². The molecule has 0 bridgehead atoms. The molecule has 9 heteroatoms. The van der Waals surface area contributed by atoms with Crippen molar-refractivity contribution in [3.63, 3.8) is 0 Å². The highest BCUT2D eigenvalue weighted by molar-refractivity contribution is 8.00. The summed E-state index contributed by atoms with van der Waals surface area (Å²) in [4.78, 5) is 24.8. The predicted octanol–water partition coefficient (Wildman–Crippen LogP) is 3.54. The Bertz CT molecular complexity index is 895. The molecule has 1 aromatic carbocycles. The highest BCUT2D eigenvalue weighted by Crippen LogP contribution is 2.27. The molecule has 3 rings (SSSR count). The molecule has 1 saturated carbocycles. The number of rotatable bonds is 8. The summed E-state index contributed by atoms with van der Waals surface area (Å²) in [6, 6.07) is 7.77. The second kappa shape index (κ2) is 11.3. The number of thioether (sulfide) groups is 1. The van der Waals surface area contributed by atoms with Crippen LogP contribution < -0.4 is 10.6 Å². The number of aryl methyl sites for hydroxylation is 1. The Labute approximate surface area is 187 Å². The maximum Gasteiger partial charge on any atom is 0.321 e. The molecule has 8 nitrogen and oxygen atoms in total. The fourth-order valence-corrected chi connectivity index (χ4v) is 4.53. The van der Waals surface area contributed by atoms with Gasteiger partial charge in [0.2, 0.25) is 5.91 Å². The van der Waals surface area contributed by atoms with Gasteiger partial charge < -0.3 is 10.1 Å². The Morgan fingerprint density at radius 3 is 2.74 bits per heavy atom. The van der Waals surface area contributed by atoms with Gasteiger partial charge in [0.1, 0.15) is 0 Å². The Morgan fingerprint density at radius 1 is 1.26 bits per heavy atom. The van der Waals surface area contributed by atoms with Crippen LogP contribution in [0.3, 0.4) is 0 Å². The van der Waals surface area contributed by atoms with Crippen LogP contribution in [0.1, 0.15) is 44.6 Å². The Hall–Kier alpha value is -2.39. The summed E-state index contributed by atoms with van der Waals surface area (Å²) < 4.78 is 7.20. The molecule has 0 unspecified atom stereocenters. The third kappa shape index (κ3) is 6.54. The normalized spacial score (nSPS) is 15.5. The fraction of sp³-hybridized carbons (Fsp3) is 0.545. The van der Waals surface area contributed by atoms with Gasteiger partial charge in [-0.15, -0.1) is 10.2 Å². The van der Waals surface area contributed by atoms with Gasteiger partial charge in [-0.3, -0.25) is 14.7 Å². The SMILES string of the molecule is COCCn1c(S[C@H](C)C(=O)NC(=O)NC2CCCCC2)nnc1-c1cccc(C)c1. The molecule has 0 aliphatic heterocycles. The van der Waals surface area contributed by atoms with Crippen molar-refractivity contribution in [1.29, 1.82) is 0 Å². The van der Waals surface area contributed by atoms with E-state index in [1.54, 1.807) is 14.0 Å². The number of aromatic nitrogens is 3. The minimum atomic E-state index is -0.507. The van der Waals surface area contributed by atoms with Crippen molar-refractivity contribution in [2.75, 3.05) is 13.7 Å². The molecule has 1 aliphatic carbocycles. The minimum absolute atomic E-state index is 0.151. The van der Waals surface area contributed by atoms with E-state index < -0.39 is 11.3 Å². The van der Waals surface area contributed by atoms with Gasteiger partial charge in [-0.25, -0.2) is 4.79 Å². The number of nitrogens with one attached hydrogen (secondary N) is 2. The second-order valence-electron chi connectivity index (χ2n) is 7.88. The van der Waals surface area contributed by atoms with E-state index in [0.29, 0.717) is 18.3 Å². The lowest BCUT2D eigenvalue weighted by Gasteiger charge is -2.23. The number of amides is 3. The molecule has 1 aliphatic rings. The Kier molecular flexibility index (Phi) is 8.48. The maximum atomic E-state index is 12.6. The fourth-order valence-electron chi connectivity index (χ4n) is 3.65. The number of imide groups is 1. The van der Waals surface area contributed by atoms with Crippen LogP contribution in [-0.2, 0) is 16.1 Å². The van der Waals surface area contributed by atoms with Crippen molar-refractivity contribution in [1.82, 2.24) is 25.4 Å². The largest absolute Gasteiger partial charge is 0.383 e. The molecule has 2 N–H and O–H groups in total. The van der Waals surface area contributed by atoms with Crippen molar-refractivity contribution in [2.45, 2.75) is 68.9 Å². The lowest BCUT2D eigenvalue weighted by molar-refractivity contribution is -0.119. The lowest BCUT2D eigenvalue weighted by atomic mass is 9.96. The van der Waals surface area contributed by atoms with Gasteiger partial charge in [0.15, 0.2) is 11.0 Å². The van der Waals surface area contributed by atoms with Crippen molar-refractivity contribution in [2.24, 2.45) is 0 Å². The van der Waals surface area contributed by atoms with E-state index in [1.165, 1.54) is 18.2 Å². The first-order chi connectivity index (χ1) is 15.0. The van der Waals surface area contributed by atoms with Crippen molar-refractivity contribution in [3.8, 4) is 11.4 Å². The summed E-state index contributed by atoms with van der Waals surface area (Å²) in [5.74, 6) is 0.377. The highest BCUT2D eigenvalue weighted by Gasteiger charge is 2.23. The van der Waals surface area contributed by atoms with E-state index in [-0.39, 0.29) is 11.9 Å². The highest BCUT2D eigenvalue weighted by atomic mass is 32.2. The predicted molar refractivity (Wildman–Crippen MR) is 121 cm³/mol. The topological polar surface area (TPSA) is 98.1 Å². The minimum Gasteiger partial charge on any atom is -0.383 e. The van der Waals surface area contributed by atoms with Crippen LogP contribution in [0.25, 0.3) is 11.4 Å². The van der Waals surface area contributed by atoms with Crippen LogP contribution in [0.15, 0.2) is 29.4 Å². The van der Waals surface area contributed by atoms with Gasteiger partial charge in [-0.1, -0.05) is 54.8 Å². The van der Waals surface area contributed by atoms with E-state index in [9.17, 15) is 9.59 Å². The zero-order chi connectivity index (χ0) is 22.2. The average Bonchev–Trinajstić information content (AvgIpc) is 3.15. The summed E-state index contributed by atoms with van der Waals surface area (Å²) in [6.07, 6.45) is 5.38. The molecular weight excluding hydrogens is 414 g/mol. The number of carbonyl (C=O) groups is 2. The number of hydrogen-bond donors (Lipinski definition) is 2. The number of urea groups is 1. The van der Waals surface area contributed by atoms with E-state index in [2.05, 4.69) is 20.8 Å². The van der Waals surface area contributed by atoms with Crippen LogP contribution in [-0.4, -0.2) is 51.7 Å². The molecule has 1 heterocycles. The van der Waals surface area contributed by atoms with Crippen LogP contribution in [0.5, 0.6) is 0 Å². The first-order valence-corrected chi connectivity index (χ1v) is 11.6. The molecule has 2 aromatic rings. The zero-order valence-electron chi connectivity index (χ0n) is 18.4. The third-order valence-corrected chi connectivity index (χ3v) is 6.42. The molecule has 0 saturated heterocycles. The molecule has 0 spiro atoms. The van der Waals surface area contributed by atoms with Crippen LogP contribution in [0.4, 0.5) is 4.79 Å². The van der Waals surface area contributed by atoms with Gasteiger partial charge in [0.05, 0.1) is 18.4 Å². The molecule has 1 fully saturated rings. The Morgan fingerprint density at radius 2 is 2.03 bits per heavy atom. The summed E-state index contributed by atoms with van der Waals surface area (Å²) in [5.41, 5.74) is 2.09. The summed E-state index contributed by atoms with van der Waals surface area (Å²) in [5, 5.41) is 14.1. The Balaban J connectivity index is 1.66. The number of ether oxygens (including phenoxy) is 1. The monoisotopic (exact) mass is 445 g/mol. The summed E-state index contributed by atoms with van der Waals surface area (Å²) in [7, 11) is 1.64. The first-order valence-electron chi connectivity index (χ1n) is 10.7. The smallest absolute Gasteiger partial charge is 0.321 e. The number of methoxy groups -OCH3 is 1. The second-order valence-corrected chi connectivity index (χ2v) is 9.19. The summed E-state index contributed by atoms with van der Waals surface area (Å²) >= 11 is 1.28. The lowest BCUT2D eigenvalue weighted by Crippen LogP contribution is -2.47. The van der Waals surface area contributed by atoms with Crippen LogP contribution >= 0.6 is 11.8 Å². The van der Waals surface area contributed by atoms with Crippen molar-refractivity contribution in [3.05, 3.63) is 29.8 Å². The number of nitrogens with zero attached hydrogens (tertiary/aromatic N) is 3. The van der Waals surface area contributed by atoms with Crippen LogP contribution in [0, 0.1) is 6.92 Å². The van der Waals surface area contributed by atoms with E-state index in [1.807, 2.05) is 35.8 Å². The van der Waals surface area contributed by atoms with Gasteiger partial charge in [0.25, 0.3) is 0 Å². The van der Waals surface area contributed by atoms with Gasteiger partial charge in [0, 0.05) is 18.7 Å². The van der Waals surface area contributed by atoms with Gasteiger partial charge >= 0.3 is 6.03 Å². The van der Waals surface area contributed by atoms with Gasteiger partial charge in [-0.05, 0) is 32.8 Å². The van der Waals surface area contributed by atoms with Crippen LogP contribution in [0.2, 0.25) is 0 Å². The molecule has 3 amide bonds. The molecule has 168 valence electrons. The number of benzene rings is 1. The average molecular weight is 446 g/mol. The molecule has 1 aromatic heterocycles. The van der Waals surface area contributed by atoms with E-state index >= 15 is 0 Å². The van der Waals surface area contributed by atoms with E-state index in [4.69, 9.17) is 4.74 Å². The molecule has 31 heavy (non-hydrogen) atoms. The summed E-state index contributed by atoms with van der Waals surface area (Å²) in [6.45, 7) is 4.84. The number of hydrogen-bond acceptors (Lipinski definition) is 6. The zero-order valence-corrected chi connectivity index (χ0v) is 19.2. The quantitative estimate of drug-likeness (QED) is 0.603. The molecule has 1 atom stereocenters. The number of carbonyl (C=O) groups excluding carboxylic acids is 2. The van der Waals surface area contributed by atoms with Gasteiger partial charge in [-0.2, -0.15) is 0 Å².